The molecule has 1 unspecified atom stereocenters. The molecule has 204 valence electrons. The van der Waals surface area contributed by atoms with Gasteiger partial charge >= 0.3 is 5.97 Å². The summed E-state index contributed by atoms with van der Waals surface area (Å²) in [7, 11) is -1.90. The highest BCUT2D eigenvalue weighted by Gasteiger charge is 2.57. The number of benzene rings is 1. The molecule has 1 fully saturated rings. The molecule has 37 heavy (non-hydrogen) atoms. The molecule has 1 aromatic rings. The molecule has 0 spiro atoms. The topological polar surface area (TPSA) is 124 Å². The van der Waals surface area contributed by atoms with E-state index in [2.05, 4.69) is 5.09 Å². The summed E-state index contributed by atoms with van der Waals surface area (Å²) in [5, 5.41) is 13.8. The number of carbonyl (C=O) groups excluding carboxylic acids is 3. The molecule has 1 aromatic carbocycles. The summed E-state index contributed by atoms with van der Waals surface area (Å²) < 4.78 is 38.6. The van der Waals surface area contributed by atoms with Gasteiger partial charge < -0.3 is 23.6 Å². The second-order valence-corrected chi connectivity index (χ2v) is 11.4. The van der Waals surface area contributed by atoms with E-state index < -0.39 is 49.5 Å². The second kappa shape index (κ2) is 12.3. The first-order valence-electron chi connectivity index (χ1n) is 12.0. The average molecular weight is 541 g/mol. The van der Waals surface area contributed by atoms with Crippen molar-refractivity contribution in [2.24, 2.45) is 0 Å². The van der Waals surface area contributed by atoms with E-state index in [0.29, 0.717) is 12.2 Å². The molecule has 0 aliphatic carbocycles. The average Bonchev–Trinajstić information content (AvgIpc) is 3.10. The number of hydrogen-bond donors (Lipinski definition) is 2. The van der Waals surface area contributed by atoms with Gasteiger partial charge in [-0.1, -0.05) is 18.2 Å². The Balaban J connectivity index is 1.83. The number of amides is 1. The summed E-state index contributed by atoms with van der Waals surface area (Å²) >= 11 is 0. The van der Waals surface area contributed by atoms with E-state index in [9.17, 15) is 19.5 Å². The number of halogens is 1. The number of alkyl halides is 1. The van der Waals surface area contributed by atoms with Gasteiger partial charge in [-0.05, 0) is 51.2 Å². The highest BCUT2D eigenvalue weighted by Crippen LogP contribution is 2.47. The van der Waals surface area contributed by atoms with Crippen molar-refractivity contribution in [3.8, 4) is 5.75 Å². The quantitative estimate of drug-likeness (QED) is 0.359. The summed E-state index contributed by atoms with van der Waals surface area (Å²) in [5.74, 6) is 0.936. The second-order valence-electron chi connectivity index (χ2n) is 8.99. The van der Waals surface area contributed by atoms with Gasteiger partial charge in [-0.15, -0.1) is 0 Å². The monoisotopic (exact) mass is 540 g/mol. The van der Waals surface area contributed by atoms with Gasteiger partial charge in [0, 0.05) is 19.0 Å². The fourth-order valence-electron chi connectivity index (χ4n) is 4.05. The maximum absolute atomic E-state index is 15.8. The van der Waals surface area contributed by atoms with Gasteiger partial charge in [-0.25, -0.2) is 9.48 Å². The number of hydrogen-bond acceptors (Lipinski definition) is 9. The lowest BCUT2D eigenvalue weighted by Crippen LogP contribution is -2.50. The highest BCUT2D eigenvalue weighted by atomic mass is 31.2. The molecule has 10 nitrogen and oxygen atoms in total. The van der Waals surface area contributed by atoms with Crippen LogP contribution in [0.25, 0.3) is 0 Å². The molecule has 2 heterocycles. The Morgan fingerprint density at radius 3 is 2.70 bits per heavy atom. The Bertz CT molecular complexity index is 1060. The molecule has 2 N–H and O–H groups in total. The Kier molecular flexibility index (Phi) is 9.66. The zero-order valence-electron chi connectivity index (χ0n) is 21.3. The largest absolute Gasteiger partial charge is 0.468 e. The lowest BCUT2D eigenvalue weighted by atomic mass is 9.97. The Hall–Kier alpha value is -2.56. The predicted octanol–water partition coefficient (Wildman–Crippen LogP) is 2.73. The molecule has 0 radical (unpaired) electrons. The minimum atomic E-state index is -3.16. The van der Waals surface area contributed by atoms with Crippen molar-refractivity contribution in [3.05, 3.63) is 42.6 Å². The first-order chi connectivity index (χ1) is 17.5. The molecule has 0 aromatic heterocycles. The van der Waals surface area contributed by atoms with Gasteiger partial charge in [0.2, 0.25) is 13.4 Å². The van der Waals surface area contributed by atoms with Crippen LogP contribution in [0.4, 0.5) is 4.39 Å². The van der Waals surface area contributed by atoms with Gasteiger partial charge in [0.1, 0.15) is 24.0 Å². The highest BCUT2D eigenvalue weighted by molar-refractivity contribution is 7.64. The van der Waals surface area contributed by atoms with Crippen LogP contribution < -0.4 is 9.61 Å². The number of rotatable bonds is 9. The summed E-state index contributed by atoms with van der Waals surface area (Å²) in [5.41, 5.74) is -2.36. The Labute approximate surface area is 215 Å². The third-order valence-corrected chi connectivity index (χ3v) is 8.62. The van der Waals surface area contributed by atoms with Gasteiger partial charge in [0.15, 0.2) is 17.7 Å². The molecule has 2 aliphatic rings. The van der Waals surface area contributed by atoms with E-state index in [1.54, 1.807) is 43.9 Å². The third kappa shape index (κ3) is 6.86. The van der Waals surface area contributed by atoms with Crippen LogP contribution in [-0.4, -0.2) is 77.3 Å². The molecule has 6 atom stereocenters. The molecule has 3 rings (SSSR count). The fraction of sp³-hybridized carbons (Fsp3) is 0.520. The number of nitrogens with one attached hydrogen (secondary N) is 1. The number of carbonyl (C=O) groups is 3. The van der Waals surface area contributed by atoms with Crippen molar-refractivity contribution in [2.75, 3.05) is 13.7 Å². The number of aliphatic hydroxyl groups is 1. The molecule has 0 saturated carbocycles. The van der Waals surface area contributed by atoms with Crippen LogP contribution in [0.3, 0.4) is 0 Å². The van der Waals surface area contributed by atoms with Crippen LogP contribution in [0.2, 0.25) is 0 Å². The van der Waals surface area contributed by atoms with Crippen LogP contribution in [0.1, 0.15) is 40.0 Å². The third-order valence-electron chi connectivity index (χ3n) is 6.18. The van der Waals surface area contributed by atoms with E-state index in [1.807, 2.05) is 6.07 Å². The summed E-state index contributed by atoms with van der Waals surface area (Å²) in [6.45, 7) is 4.07. The van der Waals surface area contributed by atoms with E-state index in [4.69, 9.17) is 18.5 Å². The maximum Gasteiger partial charge on any atom is 0.323 e. The van der Waals surface area contributed by atoms with E-state index in [1.165, 1.54) is 19.4 Å². The van der Waals surface area contributed by atoms with Crippen LogP contribution >= 0.6 is 7.49 Å². The van der Waals surface area contributed by atoms with Crippen molar-refractivity contribution in [3.63, 3.8) is 0 Å². The minimum Gasteiger partial charge on any atom is -0.468 e. The first-order valence-corrected chi connectivity index (χ1v) is 13.7. The number of para-hydroxylation sites is 1. The van der Waals surface area contributed by atoms with Gasteiger partial charge in [0.25, 0.3) is 0 Å². The number of esters is 1. The van der Waals surface area contributed by atoms with Crippen molar-refractivity contribution >= 4 is 30.9 Å². The van der Waals surface area contributed by atoms with Crippen molar-refractivity contribution in [1.29, 1.82) is 0 Å². The Morgan fingerprint density at radius 1 is 1.35 bits per heavy atom. The molecule has 1 saturated heterocycles. The fourth-order valence-corrected chi connectivity index (χ4v) is 6.08. The molecule has 12 heteroatoms. The van der Waals surface area contributed by atoms with Crippen molar-refractivity contribution in [1.82, 2.24) is 9.99 Å². The molecule has 0 bridgehead atoms. The lowest BCUT2D eigenvalue weighted by Gasteiger charge is -2.32. The molecular weight excluding hydrogens is 506 g/mol. The minimum absolute atomic E-state index is 0.0446. The zero-order chi connectivity index (χ0) is 27.2. The van der Waals surface area contributed by atoms with Crippen LogP contribution in [0, 0.1) is 0 Å². The number of methoxy groups -OCH3 is 1. The number of ketones is 1. The standard InChI is InChI=1S/C25H34FN2O8P/c1-5-37(27-17(2)23(32)33-4,36-19-11-7-6-8-12-19)34-16-20-22(31)25(3,26)24(35-20)28-15-14-18(29)10-9-13-21(28)30/h5-8,11-12,14-15,17,20,22,24,27,31H,9-10,13,16H2,1-4H3/b15-14-/t17-,20+,22+,24+,25+,37?/m0/s1. The van der Waals surface area contributed by atoms with E-state index in [0.717, 1.165) is 11.8 Å². The summed E-state index contributed by atoms with van der Waals surface area (Å²) in [6.07, 6.45) is -1.29. The van der Waals surface area contributed by atoms with Gasteiger partial charge in [-0.3, -0.25) is 19.3 Å². The van der Waals surface area contributed by atoms with Crippen molar-refractivity contribution < 1.29 is 42.4 Å². The maximum atomic E-state index is 15.8. The molecule has 1 amide bonds. The SMILES string of the molecule is CC=P(N[C@@H](C)C(=O)OC)(OC[C@H]1O[C@@H](N2/C=C\C(=O)CCCC2=O)[C@](C)(F)[C@@H]1O)Oc1ccccc1. The van der Waals surface area contributed by atoms with E-state index >= 15 is 4.39 Å². The number of allylic oxidation sites excluding steroid dienone is 1. The number of aliphatic hydroxyl groups excluding tert-OH is 1. The summed E-state index contributed by atoms with van der Waals surface area (Å²) in [6, 6.07) is 7.96. The number of ether oxygens (including phenoxy) is 2. The van der Waals surface area contributed by atoms with Crippen LogP contribution in [-0.2, 0) is 28.4 Å². The van der Waals surface area contributed by atoms with E-state index in [-0.39, 0.29) is 25.2 Å². The summed E-state index contributed by atoms with van der Waals surface area (Å²) in [4.78, 5) is 37.7. The van der Waals surface area contributed by atoms with Crippen LogP contribution in [0.15, 0.2) is 42.6 Å². The van der Waals surface area contributed by atoms with Gasteiger partial charge in [0.05, 0.1) is 13.7 Å². The van der Waals surface area contributed by atoms with Gasteiger partial charge in [-0.2, -0.15) is 0 Å². The normalized spacial score (nSPS) is 29.6. The lowest BCUT2D eigenvalue weighted by molar-refractivity contribution is -0.148. The smallest absolute Gasteiger partial charge is 0.323 e. The van der Waals surface area contributed by atoms with Crippen molar-refractivity contribution in [2.45, 2.75) is 70.2 Å². The molecule has 2 aliphatic heterocycles. The first kappa shape index (κ1) is 29.0. The number of nitrogens with zero attached hydrogens (tertiary/aromatic N) is 1. The van der Waals surface area contributed by atoms with Crippen LogP contribution in [0.5, 0.6) is 5.75 Å². The zero-order valence-corrected chi connectivity index (χ0v) is 22.2. The Morgan fingerprint density at radius 2 is 2.05 bits per heavy atom. The predicted molar refractivity (Wildman–Crippen MR) is 135 cm³/mol. The molecular formula is C25H34FN2O8P.